The number of rotatable bonds is 2. The standard InChI is InChI=1S/C17H12ClN3OS/c1-8-13(9(2)22)14(10-3-5-11(18)6-4-10)15-16(20)12(7-19)23-17(15)21-8/h3-6H,20H2,1-2H3. The zero-order valence-electron chi connectivity index (χ0n) is 12.5. The molecule has 1 aromatic carbocycles. The molecule has 0 aliphatic carbocycles. The van der Waals surface area contributed by atoms with Gasteiger partial charge in [0.1, 0.15) is 15.8 Å². The lowest BCUT2D eigenvalue weighted by atomic mass is 9.93. The second kappa shape index (κ2) is 5.65. The molecule has 4 nitrogen and oxygen atoms in total. The van der Waals surface area contributed by atoms with E-state index < -0.39 is 0 Å². The van der Waals surface area contributed by atoms with Crippen LogP contribution in [0.4, 0.5) is 5.69 Å². The van der Waals surface area contributed by atoms with E-state index in [9.17, 15) is 10.1 Å². The van der Waals surface area contributed by atoms with Crippen LogP contribution in [0.25, 0.3) is 21.3 Å². The van der Waals surface area contributed by atoms with Crippen LogP contribution in [0.1, 0.15) is 27.9 Å². The first kappa shape index (κ1) is 15.5. The first-order chi connectivity index (χ1) is 10.9. The topological polar surface area (TPSA) is 79.8 Å². The lowest BCUT2D eigenvalue weighted by molar-refractivity contribution is 0.101. The molecule has 0 bridgehead atoms. The highest BCUT2D eigenvalue weighted by atomic mass is 35.5. The number of nitriles is 1. The Kier molecular flexibility index (Phi) is 3.80. The van der Waals surface area contributed by atoms with Gasteiger partial charge in [-0.3, -0.25) is 4.79 Å². The Morgan fingerprint density at radius 1 is 1.35 bits per heavy atom. The lowest BCUT2D eigenvalue weighted by Gasteiger charge is -2.12. The zero-order chi connectivity index (χ0) is 16.7. The molecule has 114 valence electrons. The SMILES string of the molecule is CC(=O)c1c(C)nc2sc(C#N)c(N)c2c1-c1ccc(Cl)cc1. The van der Waals surface area contributed by atoms with Gasteiger partial charge in [-0.15, -0.1) is 11.3 Å². The largest absolute Gasteiger partial charge is 0.396 e. The molecular weight excluding hydrogens is 330 g/mol. The average molecular weight is 342 g/mol. The van der Waals surface area contributed by atoms with Crippen molar-refractivity contribution in [2.45, 2.75) is 13.8 Å². The van der Waals surface area contributed by atoms with E-state index in [1.807, 2.05) is 12.1 Å². The second-order valence-electron chi connectivity index (χ2n) is 5.15. The highest BCUT2D eigenvalue weighted by Gasteiger charge is 2.22. The molecule has 3 rings (SSSR count). The van der Waals surface area contributed by atoms with Crippen LogP contribution in [-0.2, 0) is 0 Å². The molecule has 3 aromatic rings. The molecule has 0 aliphatic rings. The number of aryl methyl sites for hydroxylation is 1. The first-order valence-corrected chi connectivity index (χ1v) is 8.03. The minimum atomic E-state index is -0.0917. The number of hydrogen-bond acceptors (Lipinski definition) is 5. The highest BCUT2D eigenvalue weighted by Crippen LogP contribution is 2.42. The molecule has 6 heteroatoms. The number of nitrogen functional groups attached to an aromatic ring is 1. The maximum atomic E-state index is 12.2. The Hall–Kier alpha value is -2.42. The fourth-order valence-corrected chi connectivity index (χ4v) is 3.76. The average Bonchev–Trinajstić information content (AvgIpc) is 2.82. The number of thiophene rings is 1. The van der Waals surface area contributed by atoms with Crippen molar-refractivity contribution in [3.8, 4) is 17.2 Å². The third-order valence-electron chi connectivity index (χ3n) is 3.64. The van der Waals surface area contributed by atoms with Crippen LogP contribution in [0.2, 0.25) is 5.02 Å². The van der Waals surface area contributed by atoms with Crippen LogP contribution in [0, 0.1) is 18.3 Å². The van der Waals surface area contributed by atoms with Crippen LogP contribution in [0.15, 0.2) is 24.3 Å². The Balaban J connectivity index is 2.51. The molecule has 0 saturated carbocycles. The molecule has 0 saturated heterocycles. The summed E-state index contributed by atoms with van der Waals surface area (Å²) in [4.78, 5) is 17.7. The number of halogens is 1. The first-order valence-electron chi connectivity index (χ1n) is 6.83. The van der Waals surface area contributed by atoms with E-state index in [-0.39, 0.29) is 5.78 Å². The number of aromatic nitrogens is 1. The van der Waals surface area contributed by atoms with Gasteiger partial charge in [0.25, 0.3) is 0 Å². The fraction of sp³-hybridized carbons (Fsp3) is 0.118. The van der Waals surface area contributed by atoms with E-state index in [4.69, 9.17) is 17.3 Å². The number of hydrogen-bond donors (Lipinski definition) is 1. The minimum absolute atomic E-state index is 0.0917. The molecule has 0 atom stereocenters. The zero-order valence-corrected chi connectivity index (χ0v) is 14.0. The summed E-state index contributed by atoms with van der Waals surface area (Å²) >= 11 is 7.20. The number of nitrogens with two attached hydrogens (primary N) is 1. The summed E-state index contributed by atoms with van der Waals surface area (Å²) in [6.45, 7) is 3.29. The van der Waals surface area contributed by atoms with Crippen molar-refractivity contribution in [3.05, 3.63) is 45.4 Å². The van der Waals surface area contributed by atoms with Crippen molar-refractivity contribution in [2.24, 2.45) is 0 Å². The summed E-state index contributed by atoms with van der Waals surface area (Å²) in [5, 5.41) is 10.5. The normalized spacial score (nSPS) is 10.7. The van der Waals surface area contributed by atoms with Gasteiger partial charge in [-0.25, -0.2) is 4.98 Å². The number of fused-ring (bicyclic) bond motifs is 1. The van der Waals surface area contributed by atoms with E-state index in [2.05, 4.69) is 11.1 Å². The molecule has 0 amide bonds. The van der Waals surface area contributed by atoms with Crippen molar-refractivity contribution in [1.29, 1.82) is 5.26 Å². The van der Waals surface area contributed by atoms with Gasteiger partial charge in [-0.05, 0) is 31.5 Å². The number of carbonyl (C=O) groups is 1. The summed E-state index contributed by atoms with van der Waals surface area (Å²) in [5.74, 6) is -0.0917. The molecule has 2 aromatic heterocycles. The Morgan fingerprint density at radius 3 is 2.57 bits per heavy atom. The number of pyridine rings is 1. The van der Waals surface area contributed by atoms with Gasteiger partial charge in [-0.2, -0.15) is 5.26 Å². The summed E-state index contributed by atoms with van der Waals surface area (Å²) in [7, 11) is 0. The quantitative estimate of drug-likeness (QED) is 0.692. The molecule has 0 aliphatic heterocycles. The van der Waals surface area contributed by atoms with Gasteiger partial charge < -0.3 is 5.73 Å². The van der Waals surface area contributed by atoms with Crippen LogP contribution in [0.3, 0.4) is 0 Å². The smallest absolute Gasteiger partial charge is 0.162 e. The van der Waals surface area contributed by atoms with Gasteiger partial charge in [0.05, 0.1) is 11.4 Å². The Bertz CT molecular complexity index is 984. The maximum absolute atomic E-state index is 12.2. The van der Waals surface area contributed by atoms with Crippen molar-refractivity contribution >= 4 is 44.6 Å². The predicted octanol–water partition coefficient (Wildman–Crippen LogP) is 4.58. The van der Waals surface area contributed by atoms with Gasteiger partial charge in [0, 0.05) is 21.5 Å². The van der Waals surface area contributed by atoms with Gasteiger partial charge in [0.2, 0.25) is 0 Å². The van der Waals surface area contributed by atoms with Crippen molar-refractivity contribution in [3.63, 3.8) is 0 Å². The summed E-state index contributed by atoms with van der Waals surface area (Å²) in [6.07, 6.45) is 0. The highest BCUT2D eigenvalue weighted by molar-refractivity contribution is 7.20. The van der Waals surface area contributed by atoms with Gasteiger partial charge >= 0.3 is 0 Å². The predicted molar refractivity (Wildman–Crippen MR) is 93.9 cm³/mol. The molecule has 0 radical (unpaired) electrons. The monoisotopic (exact) mass is 341 g/mol. The Morgan fingerprint density at radius 2 is 2.00 bits per heavy atom. The summed E-state index contributed by atoms with van der Waals surface area (Å²) in [6, 6.07) is 9.29. The summed E-state index contributed by atoms with van der Waals surface area (Å²) < 4.78 is 0. The number of nitrogens with zero attached hydrogens (tertiary/aromatic N) is 2. The van der Waals surface area contributed by atoms with Crippen LogP contribution in [0.5, 0.6) is 0 Å². The molecule has 0 unspecified atom stereocenters. The molecule has 0 spiro atoms. The van der Waals surface area contributed by atoms with Crippen LogP contribution in [-0.4, -0.2) is 10.8 Å². The molecule has 0 fully saturated rings. The fourth-order valence-electron chi connectivity index (χ4n) is 2.68. The number of ketones is 1. The maximum Gasteiger partial charge on any atom is 0.162 e. The van der Waals surface area contributed by atoms with E-state index in [0.29, 0.717) is 42.6 Å². The van der Waals surface area contributed by atoms with E-state index in [0.717, 1.165) is 5.56 Å². The number of benzene rings is 1. The second-order valence-corrected chi connectivity index (χ2v) is 6.58. The van der Waals surface area contributed by atoms with E-state index >= 15 is 0 Å². The Labute approximate surface area is 142 Å². The third kappa shape index (κ3) is 2.46. The number of carbonyl (C=O) groups excluding carboxylic acids is 1. The van der Waals surface area contributed by atoms with E-state index in [1.165, 1.54) is 18.3 Å². The minimum Gasteiger partial charge on any atom is -0.396 e. The number of Topliss-reactive ketones (excluding diaryl/α,β-unsaturated/α-hetero) is 1. The van der Waals surface area contributed by atoms with Crippen molar-refractivity contribution < 1.29 is 4.79 Å². The van der Waals surface area contributed by atoms with Crippen molar-refractivity contribution in [2.75, 3.05) is 5.73 Å². The van der Waals surface area contributed by atoms with Crippen LogP contribution >= 0.6 is 22.9 Å². The molecule has 2 heterocycles. The molecular formula is C17H12ClN3OS. The molecule has 23 heavy (non-hydrogen) atoms. The third-order valence-corrected chi connectivity index (χ3v) is 4.90. The lowest BCUT2D eigenvalue weighted by Crippen LogP contribution is -2.03. The van der Waals surface area contributed by atoms with Gasteiger partial charge in [-0.1, -0.05) is 23.7 Å². The van der Waals surface area contributed by atoms with Crippen LogP contribution < -0.4 is 5.73 Å². The summed E-state index contributed by atoms with van der Waals surface area (Å²) in [5.41, 5.74) is 9.20. The van der Waals surface area contributed by atoms with E-state index in [1.54, 1.807) is 19.1 Å². The van der Waals surface area contributed by atoms with Gasteiger partial charge in [0.15, 0.2) is 5.78 Å². The molecule has 2 N–H and O–H groups in total. The van der Waals surface area contributed by atoms with Crippen molar-refractivity contribution in [1.82, 2.24) is 4.98 Å². The number of anilines is 1.